The molecule has 2 aromatic carbocycles. The van der Waals surface area contributed by atoms with Crippen molar-refractivity contribution in [3.63, 3.8) is 0 Å². The number of nitrogens with two attached hydrogens (primary N) is 1. The Balaban J connectivity index is 2.23. The Kier molecular flexibility index (Phi) is 6.52. The zero-order valence-corrected chi connectivity index (χ0v) is 15.3. The van der Waals surface area contributed by atoms with Gasteiger partial charge in [-0.05, 0) is 54.6 Å². The smallest absolute Gasteiger partial charge is 0.176 e. The molecule has 0 aliphatic carbocycles. The first-order valence-electron chi connectivity index (χ1n) is 8.40. The predicted octanol–water partition coefficient (Wildman–Crippen LogP) is 4.85. The lowest BCUT2D eigenvalue weighted by Crippen LogP contribution is -2.15. The molecule has 0 amide bonds. The average Bonchev–Trinajstić information content (AvgIpc) is 2.57. The molecule has 0 radical (unpaired) electrons. The molecular weight excluding hydrogens is 322 g/mol. The van der Waals surface area contributed by atoms with E-state index in [-0.39, 0.29) is 11.7 Å². The van der Waals surface area contributed by atoms with E-state index < -0.39 is 0 Å². The fourth-order valence-corrected chi connectivity index (χ4v) is 3.02. The molecule has 3 N–H and O–H groups in total. The lowest BCUT2D eigenvalue weighted by atomic mass is 9.90. The number of aromatic hydroxyl groups is 1. The first-order chi connectivity index (χ1) is 11.5. The van der Waals surface area contributed by atoms with Crippen LogP contribution in [0.1, 0.15) is 49.3 Å². The number of hydrogen-bond donors (Lipinski definition) is 2. The van der Waals surface area contributed by atoms with Crippen LogP contribution in [0.15, 0.2) is 36.4 Å². The van der Waals surface area contributed by atoms with Crippen molar-refractivity contribution in [2.24, 2.45) is 5.73 Å². The molecule has 0 fully saturated rings. The van der Waals surface area contributed by atoms with Gasteiger partial charge in [0.15, 0.2) is 11.5 Å². The van der Waals surface area contributed by atoms with Gasteiger partial charge in [-0.15, -0.1) is 0 Å². The standard InChI is InChI=1S/C20H26ClNO2/c1-4-24-19-11-14(10-18(21)20(19)23)9-17(12-22)16-7-5-15(6-8-16)13(2)3/h5-8,10-11,13,17,23H,4,9,12,22H2,1-3H3. The zero-order valence-electron chi connectivity index (χ0n) is 14.6. The quantitative estimate of drug-likeness (QED) is 0.752. The van der Waals surface area contributed by atoms with Gasteiger partial charge in [-0.25, -0.2) is 0 Å². The average molecular weight is 348 g/mol. The Morgan fingerprint density at radius 2 is 1.75 bits per heavy atom. The summed E-state index contributed by atoms with van der Waals surface area (Å²) in [5.74, 6) is 1.13. The van der Waals surface area contributed by atoms with Crippen LogP contribution in [-0.2, 0) is 6.42 Å². The maximum atomic E-state index is 9.96. The van der Waals surface area contributed by atoms with Gasteiger partial charge in [0.2, 0.25) is 0 Å². The first kappa shape index (κ1) is 18.6. The summed E-state index contributed by atoms with van der Waals surface area (Å²) in [5.41, 5.74) is 9.54. The van der Waals surface area contributed by atoms with Crippen molar-refractivity contribution < 1.29 is 9.84 Å². The topological polar surface area (TPSA) is 55.5 Å². The number of hydrogen-bond acceptors (Lipinski definition) is 3. The van der Waals surface area contributed by atoms with Crippen LogP contribution in [0.25, 0.3) is 0 Å². The molecular formula is C20H26ClNO2. The van der Waals surface area contributed by atoms with Gasteiger partial charge < -0.3 is 15.6 Å². The molecule has 1 atom stereocenters. The highest BCUT2D eigenvalue weighted by molar-refractivity contribution is 6.32. The third-order valence-corrected chi connectivity index (χ3v) is 4.52. The minimum Gasteiger partial charge on any atom is -0.503 e. The summed E-state index contributed by atoms with van der Waals surface area (Å²) < 4.78 is 5.46. The molecule has 0 saturated heterocycles. The van der Waals surface area contributed by atoms with Crippen molar-refractivity contribution in [2.45, 2.75) is 39.0 Å². The highest BCUT2D eigenvalue weighted by atomic mass is 35.5. The van der Waals surface area contributed by atoms with Gasteiger partial charge >= 0.3 is 0 Å². The van der Waals surface area contributed by atoms with E-state index in [0.29, 0.717) is 29.8 Å². The predicted molar refractivity (Wildman–Crippen MR) is 100 cm³/mol. The van der Waals surface area contributed by atoms with E-state index in [2.05, 4.69) is 38.1 Å². The van der Waals surface area contributed by atoms with Crippen molar-refractivity contribution in [1.82, 2.24) is 0 Å². The van der Waals surface area contributed by atoms with Gasteiger partial charge in [-0.2, -0.15) is 0 Å². The molecule has 0 aromatic heterocycles. The number of benzene rings is 2. The Morgan fingerprint density at radius 3 is 2.29 bits per heavy atom. The molecule has 0 spiro atoms. The fraction of sp³-hybridized carbons (Fsp3) is 0.400. The van der Waals surface area contributed by atoms with Crippen molar-refractivity contribution >= 4 is 11.6 Å². The van der Waals surface area contributed by atoms with Crippen LogP contribution in [-0.4, -0.2) is 18.3 Å². The Bertz CT molecular complexity index is 668. The third kappa shape index (κ3) is 4.43. The SMILES string of the molecule is CCOc1cc(CC(CN)c2ccc(C(C)C)cc2)cc(Cl)c1O. The van der Waals surface area contributed by atoms with Crippen LogP contribution in [0, 0.1) is 0 Å². The van der Waals surface area contributed by atoms with Gasteiger partial charge in [0, 0.05) is 5.92 Å². The van der Waals surface area contributed by atoms with Gasteiger partial charge in [0.05, 0.1) is 11.6 Å². The number of ether oxygens (including phenoxy) is 1. The fourth-order valence-electron chi connectivity index (χ4n) is 2.79. The normalized spacial score (nSPS) is 12.4. The molecule has 4 heteroatoms. The number of halogens is 1. The van der Waals surface area contributed by atoms with E-state index in [9.17, 15) is 5.11 Å². The van der Waals surface area contributed by atoms with Crippen LogP contribution < -0.4 is 10.5 Å². The van der Waals surface area contributed by atoms with Gasteiger partial charge in [-0.1, -0.05) is 49.7 Å². The Hall–Kier alpha value is -1.71. The maximum Gasteiger partial charge on any atom is 0.176 e. The van der Waals surface area contributed by atoms with Crippen LogP contribution >= 0.6 is 11.6 Å². The highest BCUT2D eigenvalue weighted by Gasteiger charge is 2.15. The largest absolute Gasteiger partial charge is 0.503 e. The van der Waals surface area contributed by atoms with Crippen LogP contribution in [0.5, 0.6) is 11.5 Å². The lowest BCUT2D eigenvalue weighted by Gasteiger charge is -2.18. The maximum absolute atomic E-state index is 9.96. The molecule has 0 aliphatic heterocycles. The van der Waals surface area contributed by atoms with E-state index >= 15 is 0 Å². The Labute approximate surface area is 149 Å². The summed E-state index contributed by atoms with van der Waals surface area (Å²) in [6.45, 7) is 7.26. The second-order valence-corrected chi connectivity index (χ2v) is 6.72. The second kappa shape index (κ2) is 8.41. The molecule has 2 rings (SSSR count). The lowest BCUT2D eigenvalue weighted by molar-refractivity contribution is 0.318. The minimum atomic E-state index is -0.00662. The third-order valence-electron chi connectivity index (χ3n) is 4.23. The number of rotatable bonds is 7. The number of phenols is 1. The van der Waals surface area contributed by atoms with Crippen molar-refractivity contribution in [3.8, 4) is 11.5 Å². The van der Waals surface area contributed by atoms with E-state index in [1.165, 1.54) is 11.1 Å². The molecule has 3 nitrogen and oxygen atoms in total. The summed E-state index contributed by atoms with van der Waals surface area (Å²) >= 11 is 6.12. The van der Waals surface area contributed by atoms with Gasteiger partial charge in [-0.3, -0.25) is 0 Å². The van der Waals surface area contributed by atoms with Gasteiger partial charge in [0.1, 0.15) is 0 Å². The molecule has 0 saturated carbocycles. The van der Waals surface area contributed by atoms with Crippen molar-refractivity contribution in [1.29, 1.82) is 0 Å². The number of phenolic OH excluding ortho intramolecular Hbond substituents is 1. The molecule has 2 aromatic rings. The van der Waals surface area contributed by atoms with E-state index in [0.717, 1.165) is 12.0 Å². The van der Waals surface area contributed by atoms with Crippen molar-refractivity contribution in [2.75, 3.05) is 13.2 Å². The molecule has 0 bridgehead atoms. The van der Waals surface area contributed by atoms with Crippen LogP contribution in [0.4, 0.5) is 0 Å². The second-order valence-electron chi connectivity index (χ2n) is 6.32. The van der Waals surface area contributed by atoms with Crippen LogP contribution in [0.2, 0.25) is 5.02 Å². The highest BCUT2D eigenvalue weighted by Crippen LogP contribution is 2.36. The molecule has 1 unspecified atom stereocenters. The first-order valence-corrected chi connectivity index (χ1v) is 8.78. The molecule has 130 valence electrons. The minimum absolute atomic E-state index is 0.00662. The Morgan fingerprint density at radius 1 is 1.12 bits per heavy atom. The summed E-state index contributed by atoms with van der Waals surface area (Å²) in [6.07, 6.45) is 0.748. The summed E-state index contributed by atoms with van der Waals surface area (Å²) in [4.78, 5) is 0. The summed E-state index contributed by atoms with van der Waals surface area (Å²) in [5, 5.41) is 10.3. The molecule has 0 aliphatic rings. The summed E-state index contributed by atoms with van der Waals surface area (Å²) in [7, 11) is 0. The van der Waals surface area contributed by atoms with E-state index in [4.69, 9.17) is 22.1 Å². The van der Waals surface area contributed by atoms with Crippen molar-refractivity contribution in [3.05, 3.63) is 58.1 Å². The molecule has 24 heavy (non-hydrogen) atoms. The van der Waals surface area contributed by atoms with E-state index in [1.807, 2.05) is 13.0 Å². The molecule has 0 heterocycles. The van der Waals surface area contributed by atoms with E-state index in [1.54, 1.807) is 6.07 Å². The monoisotopic (exact) mass is 347 g/mol. The zero-order chi connectivity index (χ0) is 17.7. The van der Waals surface area contributed by atoms with Crippen LogP contribution in [0.3, 0.4) is 0 Å². The summed E-state index contributed by atoms with van der Waals surface area (Å²) in [6, 6.07) is 12.3. The van der Waals surface area contributed by atoms with Gasteiger partial charge in [0.25, 0.3) is 0 Å².